The van der Waals surface area contributed by atoms with Gasteiger partial charge >= 0.3 is 0 Å². The molecule has 2 bridgehead atoms. The van der Waals surface area contributed by atoms with E-state index in [4.69, 9.17) is 0 Å². The highest BCUT2D eigenvalue weighted by Crippen LogP contribution is 2.39. The second-order valence-electron chi connectivity index (χ2n) is 5.81. The molecule has 2 aliphatic heterocycles. The zero-order valence-corrected chi connectivity index (χ0v) is 12.5. The fraction of sp³-hybridized carbons (Fsp3) is 0.600. The monoisotopic (exact) mass is 295 g/mol. The van der Waals surface area contributed by atoms with Crippen molar-refractivity contribution < 1.29 is 13.5 Å². The van der Waals surface area contributed by atoms with Crippen LogP contribution in [0.2, 0.25) is 0 Å². The summed E-state index contributed by atoms with van der Waals surface area (Å²) in [5.74, 6) is 0.132. The first kappa shape index (κ1) is 13.9. The second kappa shape index (κ2) is 5.04. The maximum absolute atomic E-state index is 11.8. The predicted octanol–water partition coefficient (Wildman–Crippen LogP) is 1.97. The average Bonchev–Trinajstić information content (AvgIpc) is 2.71. The van der Waals surface area contributed by atoms with E-state index in [1.807, 2.05) is 12.1 Å². The number of nitrogens with zero attached hydrogens (tertiary/aromatic N) is 1. The first-order valence-corrected chi connectivity index (χ1v) is 8.95. The summed E-state index contributed by atoms with van der Waals surface area (Å²) in [6.45, 7) is 1.66. The summed E-state index contributed by atoms with van der Waals surface area (Å²) in [6, 6.07) is 8.03. The number of fused-ring (bicyclic) bond motifs is 2. The molecular weight excluding hydrogens is 274 g/mol. The average molecular weight is 295 g/mol. The number of aliphatic hydroxyl groups excluding tert-OH is 1. The van der Waals surface area contributed by atoms with Gasteiger partial charge in [0.2, 0.25) is 0 Å². The summed E-state index contributed by atoms with van der Waals surface area (Å²) in [7, 11) is -3.12. The highest BCUT2D eigenvalue weighted by Gasteiger charge is 2.40. The van der Waals surface area contributed by atoms with Gasteiger partial charge in [-0.1, -0.05) is 6.92 Å². The van der Waals surface area contributed by atoms with Gasteiger partial charge in [-0.2, -0.15) is 0 Å². The van der Waals surface area contributed by atoms with E-state index in [-0.39, 0.29) is 11.9 Å². The van der Waals surface area contributed by atoms with Crippen LogP contribution in [0.5, 0.6) is 0 Å². The van der Waals surface area contributed by atoms with Crippen molar-refractivity contribution in [2.75, 3.05) is 10.7 Å². The molecular formula is C15H21NO3S. The van der Waals surface area contributed by atoms with Gasteiger partial charge < -0.3 is 10.0 Å². The summed E-state index contributed by atoms with van der Waals surface area (Å²) >= 11 is 0. The molecule has 0 radical (unpaired) electrons. The van der Waals surface area contributed by atoms with Crippen LogP contribution in [0, 0.1) is 0 Å². The van der Waals surface area contributed by atoms with Gasteiger partial charge in [-0.15, -0.1) is 0 Å². The van der Waals surface area contributed by atoms with Crippen LogP contribution in [0.15, 0.2) is 29.2 Å². The van der Waals surface area contributed by atoms with Crippen LogP contribution in [0.4, 0.5) is 5.69 Å². The summed E-state index contributed by atoms with van der Waals surface area (Å²) in [5, 5.41) is 9.83. The Bertz CT molecular complexity index is 568. The molecule has 110 valence electrons. The van der Waals surface area contributed by atoms with Gasteiger partial charge in [0.05, 0.1) is 16.8 Å². The van der Waals surface area contributed by atoms with Gasteiger partial charge in [0.1, 0.15) is 0 Å². The molecule has 1 aromatic carbocycles. The Morgan fingerprint density at radius 1 is 1.15 bits per heavy atom. The zero-order chi connectivity index (χ0) is 14.3. The van der Waals surface area contributed by atoms with Crippen LogP contribution in [0.1, 0.15) is 32.6 Å². The van der Waals surface area contributed by atoms with Gasteiger partial charge in [0, 0.05) is 17.8 Å². The Kier molecular flexibility index (Phi) is 3.50. The zero-order valence-electron chi connectivity index (χ0n) is 11.7. The predicted molar refractivity (Wildman–Crippen MR) is 78.7 cm³/mol. The summed E-state index contributed by atoms with van der Waals surface area (Å²) in [5.41, 5.74) is 1.08. The fourth-order valence-corrected chi connectivity index (χ4v) is 4.45. The maximum atomic E-state index is 11.8. The molecule has 2 fully saturated rings. The summed E-state index contributed by atoms with van der Waals surface area (Å²) < 4.78 is 23.7. The fourth-order valence-electron chi connectivity index (χ4n) is 3.56. The van der Waals surface area contributed by atoms with Gasteiger partial charge in [0.25, 0.3) is 0 Å². The van der Waals surface area contributed by atoms with Gasteiger partial charge in [-0.25, -0.2) is 8.42 Å². The largest absolute Gasteiger partial charge is 0.393 e. The Morgan fingerprint density at radius 2 is 1.70 bits per heavy atom. The molecule has 2 heterocycles. The number of piperidine rings is 1. The smallest absolute Gasteiger partial charge is 0.178 e. The quantitative estimate of drug-likeness (QED) is 0.926. The molecule has 1 aromatic rings. The van der Waals surface area contributed by atoms with E-state index in [1.165, 1.54) is 0 Å². The van der Waals surface area contributed by atoms with E-state index in [0.717, 1.165) is 31.4 Å². The highest BCUT2D eigenvalue weighted by atomic mass is 32.2. The van der Waals surface area contributed by atoms with Crippen LogP contribution in [-0.4, -0.2) is 37.5 Å². The van der Waals surface area contributed by atoms with E-state index in [0.29, 0.717) is 17.0 Å². The molecule has 2 aliphatic rings. The van der Waals surface area contributed by atoms with E-state index < -0.39 is 9.84 Å². The molecule has 0 amide bonds. The minimum absolute atomic E-state index is 0.132. The Hall–Kier alpha value is -1.07. The van der Waals surface area contributed by atoms with Crippen LogP contribution in [-0.2, 0) is 9.84 Å². The van der Waals surface area contributed by atoms with Gasteiger partial charge in [-0.05, 0) is 49.9 Å². The molecule has 0 saturated carbocycles. The minimum atomic E-state index is -3.12. The SMILES string of the molecule is CCS(=O)(=O)c1ccc(N2C3CCC2CC(O)C3)cc1. The van der Waals surface area contributed by atoms with Crippen molar-refractivity contribution in [3.8, 4) is 0 Å². The third-order valence-electron chi connectivity index (χ3n) is 4.58. The number of hydrogen-bond acceptors (Lipinski definition) is 4. The van der Waals surface area contributed by atoms with Crippen LogP contribution in [0.3, 0.4) is 0 Å². The normalized spacial score (nSPS) is 29.7. The van der Waals surface area contributed by atoms with Crippen LogP contribution >= 0.6 is 0 Å². The van der Waals surface area contributed by atoms with Crippen LogP contribution < -0.4 is 4.90 Å². The molecule has 1 N–H and O–H groups in total. The van der Waals surface area contributed by atoms with Crippen molar-refractivity contribution in [2.24, 2.45) is 0 Å². The standard InChI is InChI=1S/C15H21NO3S/c1-2-20(18,19)15-7-5-11(6-8-15)16-12-3-4-13(16)10-14(17)9-12/h5-8,12-14,17H,2-4,9-10H2,1H3. The lowest BCUT2D eigenvalue weighted by molar-refractivity contribution is 0.126. The van der Waals surface area contributed by atoms with Crippen molar-refractivity contribution in [3.05, 3.63) is 24.3 Å². The lowest BCUT2D eigenvalue weighted by Gasteiger charge is -2.39. The third kappa shape index (κ3) is 2.33. The molecule has 2 saturated heterocycles. The van der Waals surface area contributed by atoms with Gasteiger partial charge in [-0.3, -0.25) is 0 Å². The number of anilines is 1. The molecule has 5 heteroatoms. The molecule has 3 rings (SSSR count). The van der Waals surface area contributed by atoms with Gasteiger partial charge in [0.15, 0.2) is 9.84 Å². The van der Waals surface area contributed by atoms with E-state index in [2.05, 4.69) is 4.90 Å². The van der Waals surface area contributed by atoms with E-state index in [1.54, 1.807) is 19.1 Å². The van der Waals surface area contributed by atoms with Crippen molar-refractivity contribution >= 4 is 15.5 Å². The summed E-state index contributed by atoms with van der Waals surface area (Å²) in [4.78, 5) is 2.77. The Balaban J connectivity index is 1.86. The number of aliphatic hydroxyl groups is 1. The minimum Gasteiger partial charge on any atom is -0.393 e. The molecule has 0 aromatic heterocycles. The second-order valence-corrected chi connectivity index (χ2v) is 8.09. The van der Waals surface area contributed by atoms with Crippen molar-refractivity contribution in [3.63, 3.8) is 0 Å². The van der Waals surface area contributed by atoms with Crippen molar-refractivity contribution in [1.82, 2.24) is 0 Å². The molecule has 0 spiro atoms. The van der Waals surface area contributed by atoms with E-state index >= 15 is 0 Å². The van der Waals surface area contributed by atoms with Crippen molar-refractivity contribution in [2.45, 2.75) is 55.7 Å². The topological polar surface area (TPSA) is 57.6 Å². The number of rotatable bonds is 3. The molecule has 0 aliphatic carbocycles. The highest BCUT2D eigenvalue weighted by molar-refractivity contribution is 7.91. The third-order valence-corrected chi connectivity index (χ3v) is 6.33. The lowest BCUT2D eigenvalue weighted by Crippen LogP contribution is -2.44. The molecule has 4 nitrogen and oxygen atoms in total. The first-order chi connectivity index (χ1) is 9.51. The first-order valence-electron chi connectivity index (χ1n) is 7.30. The molecule has 2 atom stereocenters. The van der Waals surface area contributed by atoms with E-state index in [9.17, 15) is 13.5 Å². The lowest BCUT2D eigenvalue weighted by atomic mass is 9.99. The Morgan fingerprint density at radius 3 is 2.20 bits per heavy atom. The van der Waals surface area contributed by atoms with Crippen molar-refractivity contribution in [1.29, 1.82) is 0 Å². The number of sulfone groups is 1. The number of benzene rings is 1. The maximum Gasteiger partial charge on any atom is 0.178 e. The van der Waals surface area contributed by atoms with Crippen LogP contribution in [0.25, 0.3) is 0 Å². The summed E-state index contributed by atoms with van der Waals surface area (Å²) in [6.07, 6.45) is 3.72. The molecule has 20 heavy (non-hydrogen) atoms. The molecule has 2 unspecified atom stereocenters. The number of hydrogen-bond donors (Lipinski definition) is 1. The Labute approximate surface area is 120 Å².